The molecule has 0 bridgehead atoms. The second-order valence-electron chi connectivity index (χ2n) is 9.88. The van der Waals surface area contributed by atoms with Crippen LogP contribution in [0.25, 0.3) is 0 Å². The molecule has 3 rings (SSSR count). The molecule has 252 valence electrons. The molecule has 3 aromatic rings. The second-order valence-corrected chi connectivity index (χ2v) is 9.88. The van der Waals surface area contributed by atoms with Crippen LogP contribution in [0.3, 0.4) is 0 Å². The van der Waals surface area contributed by atoms with Crippen molar-refractivity contribution in [2.75, 3.05) is 17.2 Å². The van der Waals surface area contributed by atoms with Gasteiger partial charge in [0.05, 0.1) is 12.7 Å². The number of rotatable bonds is 11. The van der Waals surface area contributed by atoms with Gasteiger partial charge in [0.1, 0.15) is 11.9 Å². The number of hydrogen-bond donors (Lipinski definition) is 7. The monoisotopic (exact) mass is 660 g/mol. The molecule has 1 atom stereocenters. The molecule has 47 heavy (non-hydrogen) atoms. The number of carbonyl (C=O) groups excluding carboxylic acids is 3. The highest BCUT2D eigenvalue weighted by atomic mass is 19.4. The van der Waals surface area contributed by atoms with Gasteiger partial charge in [0.25, 0.3) is 11.8 Å². The van der Waals surface area contributed by atoms with Gasteiger partial charge in [-0.1, -0.05) is 6.07 Å². The Labute approximate surface area is 268 Å². The highest BCUT2D eigenvalue weighted by Crippen LogP contribution is 2.33. The lowest BCUT2D eigenvalue weighted by atomic mass is 10.0. The van der Waals surface area contributed by atoms with E-state index in [0.29, 0.717) is 40.6 Å². The van der Waals surface area contributed by atoms with E-state index in [2.05, 4.69) is 21.5 Å². The molecule has 0 aromatic heterocycles. The number of nitrogen functional groups attached to an aromatic ring is 1. The Kier molecular flexibility index (Phi) is 13.6. The van der Waals surface area contributed by atoms with Crippen LogP contribution >= 0.6 is 0 Å². The van der Waals surface area contributed by atoms with Gasteiger partial charge in [-0.25, -0.2) is 4.79 Å². The van der Waals surface area contributed by atoms with E-state index in [9.17, 15) is 27.6 Å². The van der Waals surface area contributed by atoms with Crippen LogP contribution in [-0.4, -0.2) is 53.5 Å². The van der Waals surface area contributed by atoms with E-state index in [1.54, 1.807) is 54.6 Å². The number of hydrogen-bond acceptors (Lipinski definition) is 8. The average Bonchev–Trinajstić information content (AvgIpc) is 2.99. The lowest BCUT2D eigenvalue weighted by Gasteiger charge is -2.22. The quantitative estimate of drug-likeness (QED) is 0.0885. The van der Waals surface area contributed by atoms with Gasteiger partial charge < -0.3 is 30.9 Å². The summed E-state index contributed by atoms with van der Waals surface area (Å²) in [5.74, 6) is -3.12. The minimum Gasteiger partial charge on any atom is -0.490 e. The molecule has 0 aliphatic heterocycles. The summed E-state index contributed by atoms with van der Waals surface area (Å²) in [4.78, 5) is 46.2. The zero-order chi connectivity index (χ0) is 35.3. The third-order valence-corrected chi connectivity index (χ3v) is 5.74. The number of alkyl halides is 3. The van der Waals surface area contributed by atoms with E-state index >= 15 is 0 Å². The molecule has 0 fully saturated rings. The molecule has 0 saturated heterocycles. The summed E-state index contributed by atoms with van der Waals surface area (Å²) in [6, 6.07) is 17.2. The van der Waals surface area contributed by atoms with Gasteiger partial charge in [-0.05, 0) is 87.0 Å². The highest BCUT2D eigenvalue weighted by Gasteiger charge is 2.38. The number of anilines is 2. The first-order valence-corrected chi connectivity index (χ1v) is 13.9. The van der Waals surface area contributed by atoms with Gasteiger partial charge >= 0.3 is 12.1 Å². The van der Waals surface area contributed by atoms with Crippen LogP contribution in [0.15, 0.2) is 66.7 Å². The van der Waals surface area contributed by atoms with Crippen molar-refractivity contribution in [1.29, 1.82) is 5.41 Å². The zero-order valence-corrected chi connectivity index (χ0v) is 25.8. The lowest BCUT2D eigenvalue weighted by molar-refractivity contribution is -0.192. The number of halogens is 3. The van der Waals surface area contributed by atoms with Crippen LogP contribution in [0, 0.1) is 5.41 Å². The molecule has 0 aliphatic rings. The van der Waals surface area contributed by atoms with Gasteiger partial charge in [0.15, 0.2) is 11.5 Å². The highest BCUT2D eigenvalue weighted by molar-refractivity contribution is 5.97. The van der Waals surface area contributed by atoms with Crippen LogP contribution in [0.5, 0.6) is 11.5 Å². The Morgan fingerprint density at radius 1 is 0.894 bits per heavy atom. The SMILES string of the molecule is CCOc1cc(C(Nc2ccc(C(=N)N)cc2)C(=O)NNC(=O)c2ccc(NC(C)=O)cc2)ccc1OC(C)C.O=C(O)C(F)(F)F. The van der Waals surface area contributed by atoms with Crippen molar-refractivity contribution in [1.82, 2.24) is 10.9 Å². The fraction of sp³-hybridized carbons (Fsp3) is 0.258. The van der Waals surface area contributed by atoms with Crippen molar-refractivity contribution in [3.05, 3.63) is 83.4 Å². The number of ether oxygens (including phenoxy) is 2. The largest absolute Gasteiger partial charge is 0.490 e. The number of nitrogens with two attached hydrogens (primary N) is 1. The fourth-order valence-electron chi connectivity index (χ4n) is 3.71. The van der Waals surface area contributed by atoms with Gasteiger partial charge in [-0.15, -0.1) is 0 Å². The minimum atomic E-state index is -5.08. The fourth-order valence-corrected chi connectivity index (χ4v) is 3.71. The number of amides is 3. The third kappa shape index (κ3) is 12.3. The second kappa shape index (κ2) is 17.0. The van der Waals surface area contributed by atoms with Crippen LogP contribution in [0.2, 0.25) is 0 Å². The molecule has 1 unspecified atom stereocenters. The summed E-state index contributed by atoms with van der Waals surface area (Å²) in [6.45, 7) is 7.44. The molecule has 16 heteroatoms. The van der Waals surface area contributed by atoms with Crippen LogP contribution in [-0.2, 0) is 14.4 Å². The van der Waals surface area contributed by atoms with Crippen molar-refractivity contribution in [2.24, 2.45) is 5.73 Å². The molecule has 0 spiro atoms. The van der Waals surface area contributed by atoms with Crippen molar-refractivity contribution < 1.29 is 46.9 Å². The normalized spacial score (nSPS) is 11.2. The Morgan fingerprint density at radius 3 is 1.94 bits per heavy atom. The predicted molar refractivity (Wildman–Crippen MR) is 167 cm³/mol. The van der Waals surface area contributed by atoms with Crippen LogP contribution in [0.4, 0.5) is 24.5 Å². The number of amidine groups is 1. The molecule has 0 saturated carbocycles. The first-order chi connectivity index (χ1) is 22.0. The molecular weight excluding hydrogens is 625 g/mol. The Morgan fingerprint density at radius 2 is 1.45 bits per heavy atom. The van der Waals surface area contributed by atoms with E-state index in [4.69, 9.17) is 30.5 Å². The van der Waals surface area contributed by atoms with Gasteiger partial charge in [-0.3, -0.25) is 30.6 Å². The molecular formula is C31H35F3N6O7. The van der Waals surface area contributed by atoms with Crippen LogP contribution in [0.1, 0.15) is 55.2 Å². The average molecular weight is 661 g/mol. The van der Waals surface area contributed by atoms with E-state index in [1.165, 1.54) is 19.1 Å². The van der Waals surface area contributed by atoms with Gasteiger partial charge in [-0.2, -0.15) is 13.2 Å². The molecule has 0 heterocycles. The third-order valence-electron chi connectivity index (χ3n) is 5.74. The molecule has 0 aliphatic carbocycles. The summed E-state index contributed by atoms with van der Waals surface area (Å²) < 4.78 is 43.4. The number of nitrogens with one attached hydrogen (secondary N) is 5. The van der Waals surface area contributed by atoms with Gasteiger partial charge in [0, 0.05) is 29.4 Å². The van der Waals surface area contributed by atoms with E-state index in [-0.39, 0.29) is 23.4 Å². The Bertz CT molecular complexity index is 1560. The van der Waals surface area contributed by atoms with E-state index < -0.39 is 30.0 Å². The van der Waals surface area contributed by atoms with Crippen molar-refractivity contribution in [3.63, 3.8) is 0 Å². The number of benzene rings is 3. The summed E-state index contributed by atoms with van der Waals surface area (Å²) in [5, 5.41) is 20.5. The Balaban J connectivity index is 0.000000984. The predicted octanol–water partition coefficient (Wildman–Crippen LogP) is 4.36. The summed E-state index contributed by atoms with van der Waals surface area (Å²) in [7, 11) is 0. The molecule has 3 aromatic carbocycles. The zero-order valence-electron chi connectivity index (χ0n) is 25.8. The Hall–Kier alpha value is -5.80. The molecule has 3 amide bonds. The first-order valence-electron chi connectivity index (χ1n) is 13.9. The number of carboxylic acids is 1. The maximum absolute atomic E-state index is 13.4. The number of hydrazine groups is 1. The topological polar surface area (TPSA) is 205 Å². The first kappa shape index (κ1) is 37.4. The summed E-state index contributed by atoms with van der Waals surface area (Å²) in [6.07, 6.45) is -5.16. The van der Waals surface area contributed by atoms with Crippen molar-refractivity contribution in [3.8, 4) is 11.5 Å². The standard InChI is InChI=1S/C29H34N6O5.C2HF3O2/c1-5-39-25-16-21(10-15-24(25)40-17(2)3)26(33-23-11-6-19(7-12-23)27(30)31)29(38)35-34-28(37)20-8-13-22(14-9-20)32-18(4)36;3-2(4,5)1(6)7/h6-17,26,33H,5H2,1-4H3,(H3,30,31)(H,32,36)(H,34,37)(H,35,38);(H,6,7). The minimum absolute atomic E-state index is 0.0734. The van der Waals surface area contributed by atoms with Gasteiger partial charge in [0.2, 0.25) is 5.91 Å². The maximum Gasteiger partial charge on any atom is 0.490 e. The lowest BCUT2D eigenvalue weighted by Crippen LogP contribution is -2.45. The molecule has 0 radical (unpaired) electrons. The maximum atomic E-state index is 13.4. The van der Waals surface area contributed by atoms with E-state index in [1.807, 2.05) is 20.8 Å². The number of carboxylic acid groups (broad SMARTS) is 1. The summed E-state index contributed by atoms with van der Waals surface area (Å²) >= 11 is 0. The molecule has 13 nitrogen and oxygen atoms in total. The van der Waals surface area contributed by atoms with Crippen molar-refractivity contribution >= 4 is 40.9 Å². The number of aliphatic carboxylic acids is 1. The summed E-state index contributed by atoms with van der Waals surface area (Å²) in [5.41, 5.74) is 13.0. The smallest absolute Gasteiger partial charge is 0.490 e. The number of carbonyl (C=O) groups is 4. The molecule has 8 N–H and O–H groups in total. The van der Waals surface area contributed by atoms with E-state index in [0.717, 1.165) is 0 Å². The van der Waals surface area contributed by atoms with Crippen LogP contribution < -0.4 is 36.7 Å². The van der Waals surface area contributed by atoms with Crippen molar-refractivity contribution in [2.45, 2.75) is 46.0 Å².